The third kappa shape index (κ3) is 2.83. The molecular formula is C14H14N4. The molecule has 0 N–H and O–H groups in total. The van der Waals surface area contributed by atoms with Crippen LogP contribution < -0.4 is 4.90 Å². The second kappa shape index (κ2) is 5.78. The second-order valence-electron chi connectivity index (χ2n) is 3.94. The molecule has 0 saturated carbocycles. The average Bonchev–Trinajstić information content (AvgIpc) is 2.42. The highest BCUT2D eigenvalue weighted by Crippen LogP contribution is 2.21. The van der Waals surface area contributed by atoms with Gasteiger partial charge in [0.05, 0.1) is 12.5 Å². The van der Waals surface area contributed by atoms with Crippen molar-refractivity contribution in [3.05, 3.63) is 48.3 Å². The Balaban J connectivity index is 2.31. The van der Waals surface area contributed by atoms with Gasteiger partial charge in [-0.1, -0.05) is 17.7 Å². The van der Waals surface area contributed by atoms with Crippen molar-refractivity contribution in [2.75, 3.05) is 11.4 Å². The normalized spacial score (nSPS) is 9.78. The van der Waals surface area contributed by atoms with E-state index in [4.69, 9.17) is 5.26 Å². The van der Waals surface area contributed by atoms with Crippen molar-refractivity contribution in [2.24, 2.45) is 0 Å². The van der Waals surface area contributed by atoms with Crippen molar-refractivity contribution in [1.29, 1.82) is 5.26 Å². The maximum Gasteiger partial charge on any atom is 0.229 e. The molecule has 90 valence electrons. The van der Waals surface area contributed by atoms with E-state index in [1.807, 2.05) is 36.1 Å². The molecule has 0 amide bonds. The molecule has 1 aromatic carbocycles. The first-order valence-corrected chi connectivity index (χ1v) is 5.79. The Morgan fingerprint density at radius 1 is 1.17 bits per heavy atom. The predicted molar refractivity (Wildman–Crippen MR) is 70.4 cm³/mol. The molecule has 4 heteroatoms. The Kier molecular flexibility index (Phi) is 3.87. The number of aryl methyl sites for hydroxylation is 1. The van der Waals surface area contributed by atoms with E-state index < -0.39 is 0 Å². The quantitative estimate of drug-likeness (QED) is 0.821. The lowest BCUT2D eigenvalue weighted by atomic mass is 10.2. The van der Waals surface area contributed by atoms with Gasteiger partial charge in [0.25, 0.3) is 0 Å². The SMILES string of the molecule is Cc1ccc(N(CCC#N)c2ncccn2)cc1. The molecule has 18 heavy (non-hydrogen) atoms. The molecule has 0 bridgehead atoms. The summed E-state index contributed by atoms with van der Waals surface area (Å²) >= 11 is 0. The minimum absolute atomic E-state index is 0.437. The van der Waals surface area contributed by atoms with Crippen LogP contribution in [0.15, 0.2) is 42.7 Å². The van der Waals surface area contributed by atoms with Crippen LogP contribution in [0.25, 0.3) is 0 Å². The van der Waals surface area contributed by atoms with Crippen molar-refractivity contribution in [1.82, 2.24) is 9.97 Å². The van der Waals surface area contributed by atoms with Gasteiger partial charge in [-0.3, -0.25) is 0 Å². The van der Waals surface area contributed by atoms with Gasteiger partial charge in [0, 0.05) is 24.6 Å². The van der Waals surface area contributed by atoms with E-state index in [-0.39, 0.29) is 0 Å². The maximum absolute atomic E-state index is 8.74. The zero-order chi connectivity index (χ0) is 12.8. The molecule has 0 aliphatic rings. The zero-order valence-electron chi connectivity index (χ0n) is 10.2. The molecule has 0 atom stereocenters. The lowest BCUT2D eigenvalue weighted by Gasteiger charge is -2.21. The van der Waals surface area contributed by atoms with E-state index in [0.29, 0.717) is 18.9 Å². The summed E-state index contributed by atoms with van der Waals surface area (Å²) in [5.74, 6) is 0.622. The third-order valence-electron chi connectivity index (χ3n) is 2.59. The van der Waals surface area contributed by atoms with E-state index in [1.165, 1.54) is 5.56 Å². The first-order valence-electron chi connectivity index (χ1n) is 5.79. The molecule has 1 aromatic heterocycles. The number of rotatable bonds is 4. The minimum atomic E-state index is 0.437. The van der Waals surface area contributed by atoms with Gasteiger partial charge in [0.15, 0.2) is 0 Å². The van der Waals surface area contributed by atoms with Crippen LogP contribution in [0.1, 0.15) is 12.0 Å². The number of hydrogen-bond acceptors (Lipinski definition) is 4. The summed E-state index contributed by atoms with van der Waals surface area (Å²) < 4.78 is 0. The van der Waals surface area contributed by atoms with Crippen LogP contribution in [0, 0.1) is 18.3 Å². The topological polar surface area (TPSA) is 52.8 Å². The lowest BCUT2D eigenvalue weighted by Crippen LogP contribution is -2.20. The van der Waals surface area contributed by atoms with Gasteiger partial charge in [-0.15, -0.1) is 0 Å². The lowest BCUT2D eigenvalue weighted by molar-refractivity contribution is 0.898. The molecular weight excluding hydrogens is 224 g/mol. The minimum Gasteiger partial charge on any atom is -0.310 e. The van der Waals surface area contributed by atoms with Crippen LogP contribution in [0.2, 0.25) is 0 Å². The Hall–Kier alpha value is -2.41. The summed E-state index contributed by atoms with van der Waals surface area (Å²) in [4.78, 5) is 10.4. The summed E-state index contributed by atoms with van der Waals surface area (Å²) in [5.41, 5.74) is 2.20. The fourth-order valence-corrected chi connectivity index (χ4v) is 1.66. The first-order chi connectivity index (χ1) is 8.81. The standard InChI is InChI=1S/C14H14N4/c1-12-4-6-13(7-5-12)18(11-2-8-15)14-16-9-3-10-17-14/h3-7,9-10H,2,11H2,1H3. The second-order valence-corrected chi connectivity index (χ2v) is 3.94. The number of anilines is 2. The highest BCUT2D eigenvalue weighted by molar-refractivity contribution is 5.57. The molecule has 0 radical (unpaired) electrons. The maximum atomic E-state index is 8.74. The van der Waals surface area contributed by atoms with Gasteiger partial charge in [0.2, 0.25) is 5.95 Å². The largest absolute Gasteiger partial charge is 0.310 e. The Morgan fingerprint density at radius 3 is 2.44 bits per heavy atom. The van der Waals surface area contributed by atoms with Crippen LogP contribution in [-0.2, 0) is 0 Å². The zero-order valence-corrected chi connectivity index (χ0v) is 10.2. The fraction of sp³-hybridized carbons (Fsp3) is 0.214. The van der Waals surface area contributed by atoms with E-state index in [2.05, 4.69) is 16.0 Å². The monoisotopic (exact) mass is 238 g/mol. The molecule has 2 rings (SSSR count). The van der Waals surface area contributed by atoms with Gasteiger partial charge in [-0.05, 0) is 25.1 Å². The molecule has 0 spiro atoms. The predicted octanol–water partition coefficient (Wildman–Crippen LogP) is 2.84. The van der Waals surface area contributed by atoms with E-state index >= 15 is 0 Å². The van der Waals surface area contributed by atoms with Gasteiger partial charge >= 0.3 is 0 Å². The van der Waals surface area contributed by atoms with Gasteiger partial charge in [-0.2, -0.15) is 5.26 Å². The third-order valence-corrected chi connectivity index (χ3v) is 2.59. The van der Waals surface area contributed by atoms with E-state index in [1.54, 1.807) is 18.5 Å². The number of nitrogens with zero attached hydrogens (tertiary/aromatic N) is 4. The van der Waals surface area contributed by atoms with Gasteiger partial charge < -0.3 is 4.90 Å². The number of nitriles is 1. The molecule has 2 aromatic rings. The smallest absolute Gasteiger partial charge is 0.229 e. The highest BCUT2D eigenvalue weighted by atomic mass is 15.2. The van der Waals surface area contributed by atoms with Crippen molar-refractivity contribution < 1.29 is 0 Å². The average molecular weight is 238 g/mol. The summed E-state index contributed by atoms with van der Waals surface area (Å²) in [6.45, 7) is 2.63. The van der Waals surface area contributed by atoms with Gasteiger partial charge in [0.1, 0.15) is 0 Å². The van der Waals surface area contributed by atoms with Crippen molar-refractivity contribution >= 4 is 11.6 Å². The Morgan fingerprint density at radius 2 is 1.83 bits per heavy atom. The molecule has 0 aliphatic carbocycles. The number of hydrogen-bond donors (Lipinski definition) is 0. The van der Waals surface area contributed by atoms with Crippen LogP contribution in [0.3, 0.4) is 0 Å². The van der Waals surface area contributed by atoms with E-state index in [0.717, 1.165) is 5.69 Å². The molecule has 0 fully saturated rings. The Labute approximate surface area is 107 Å². The molecule has 4 nitrogen and oxygen atoms in total. The fourth-order valence-electron chi connectivity index (χ4n) is 1.66. The number of aromatic nitrogens is 2. The first kappa shape index (κ1) is 12.1. The van der Waals surface area contributed by atoms with Crippen LogP contribution in [0.5, 0.6) is 0 Å². The van der Waals surface area contributed by atoms with Crippen LogP contribution >= 0.6 is 0 Å². The molecule has 0 saturated heterocycles. The van der Waals surface area contributed by atoms with Crippen LogP contribution in [-0.4, -0.2) is 16.5 Å². The van der Waals surface area contributed by atoms with E-state index in [9.17, 15) is 0 Å². The summed E-state index contributed by atoms with van der Waals surface area (Å²) in [7, 11) is 0. The molecule has 0 unspecified atom stereocenters. The van der Waals surface area contributed by atoms with Crippen molar-refractivity contribution in [3.63, 3.8) is 0 Å². The van der Waals surface area contributed by atoms with Gasteiger partial charge in [-0.25, -0.2) is 9.97 Å². The Bertz CT molecular complexity index is 528. The molecule has 1 heterocycles. The molecule has 0 aliphatic heterocycles. The van der Waals surface area contributed by atoms with Crippen molar-refractivity contribution in [3.8, 4) is 6.07 Å². The summed E-state index contributed by atoms with van der Waals surface area (Å²) in [5, 5.41) is 8.74. The summed E-state index contributed by atoms with van der Waals surface area (Å²) in [6.07, 6.45) is 3.85. The van der Waals surface area contributed by atoms with Crippen LogP contribution in [0.4, 0.5) is 11.6 Å². The van der Waals surface area contributed by atoms with Crippen molar-refractivity contribution in [2.45, 2.75) is 13.3 Å². The number of benzene rings is 1. The highest BCUT2D eigenvalue weighted by Gasteiger charge is 2.10. The summed E-state index contributed by atoms with van der Waals surface area (Å²) in [6, 6.07) is 12.0.